The fraction of sp³-hybridized carbons (Fsp3) is 0.333. The molecule has 2 N–H and O–H groups in total. The minimum Gasteiger partial charge on any atom is -0.335 e. The first-order valence-electron chi connectivity index (χ1n) is 7.77. The van der Waals surface area contributed by atoms with Crippen LogP contribution in [0.15, 0.2) is 18.2 Å². The number of carbonyl (C=O) groups is 2. The summed E-state index contributed by atoms with van der Waals surface area (Å²) in [5.41, 5.74) is 0.537. The molecule has 0 radical (unpaired) electrons. The van der Waals surface area contributed by atoms with Crippen molar-refractivity contribution in [1.29, 1.82) is 0 Å². The molecule has 0 saturated carbocycles. The number of carbonyl (C=O) groups excluding carboxylic acids is 2. The number of urea groups is 1. The van der Waals surface area contributed by atoms with Crippen LogP contribution in [0, 0.1) is 0 Å². The van der Waals surface area contributed by atoms with Gasteiger partial charge in [0.1, 0.15) is 0 Å². The maximum Gasteiger partial charge on any atom is 0.324 e. The number of nitrogens with zero attached hydrogens (tertiary/aromatic N) is 4. The van der Waals surface area contributed by atoms with E-state index in [1.54, 1.807) is 17.0 Å². The molecular formula is C15H16Cl2N6O2S. The summed E-state index contributed by atoms with van der Waals surface area (Å²) in [4.78, 5) is 28.7. The van der Waals surface area contributed by atoms with Crippen molar-refractivity contribution >= 4 is 57.4 Å². The second-order valence-corrected chi connectivity index (χ2v) is 7.35. The van der Waals surface area contributed by atoms with Gasteiger partial charge in [-0.05, 0) is 25.2 Å². The Bertz CT molecular complexity index is 822. The van der Waals surface area contributed by atoms with Crippen LogP contribution >= 0.6 is 34.7 Å². The van der Waals surface area contributed by atoms with E-state index in [9.17, 15) is 9.59 Å². The third-order valence-electron chi connectivity index (χ3n) is 3.89. The first kappa shape index (κ1) is 18.8. The number of benzene rings is 1. The average Bonchev–Trinajstić information content (AvgIpc) is 3.05. The lowest BCUT2D eigenvalue weighted by Crippen LogP contribution is -2.47. The topological polar surface area (TPSA) is 90.5 Å². The predicted octanol–water partition coefficient (Wildman–Crippen LogP) is 2.88. The zero-order valence-electron chi connectivity index (χ0n) is 13.8. The van der Waals surface area contributed by atoms with Crippen LogP contribution in [-0.4, -0.2) is 64.6 Å². The molecule has 0 atom stereocenters. The molecule has 11 heteroatoms. The molecule has 0 bridgehead atoms. The first-order valence-corrected chi connectivity index (χ1v) is 9.30. The molecule has 1 saturated heterocycles. The second kappa shape index (κ2) is 8.17. The van der Waals surface area contributed by atoms with Crippen molar-refractivity contribution in [3.8, 4) is 0 Å². The Labute approximate surface area is 164 Å². The molecule has 3 amide bonds. The molecular weight excluding hydrogens is 399 g/mol. The molecule has 0 spiro atoms. The normalized spacial score (nSPS) is 15.0. The van der Waals surface area contributed by atoms with Crippen molar-refractivity contribution < 1.29 is 9.59 Å². The first-order chi connectivity index (χ1) is 12.4. The third-order valence-corrected chi connectivity index (χ3v) is 5.08. The smallest absolute Gasteiger partial charge is 0.324 e. The molecule has 3 rings (SSSR count). The van der Waals surface area contributed by atoms with Gasteiger partial charge in [0.2, 0.25) is 0 Å². The number of hydrogen-bond acceptors (Lipinski definition) is 6. The summed E-state index contributed by atoms with van der Waals surface area (Å²) < 4.78 is 3.79. The Morgan fingerprint density at radius 3 is 2.58 bits per heavy atom. The molecule has 26 heavy (non-hydrogen) atoms. The van der Waals surface area contributed by atoms with Gasteiger partial charge in [0.15, 0.2) is 10.7 Å². The zero-order valence-corrected chi connectivity index (χ0v) is 16.2. The van der Waals surface area contributed by atoms with Gasteiger partial charge in [-0.3, -0.25) is 10.1 Å². The van der Waals surface area contributed by atoms with Crippen molar-refractivity contribution in [2.24, 2.45) is 0 Å². The highest BCUT2D eigenvalue weighted by Crippen LogP contribution is 2.26. The Hall–Kier alpha value is -1.94. The molecule has 0 unspecified atom stereocenters. The maximum atomic E-state index is 12.6. The highest BCUT2D eigenvalue weighted by atomic mass is 35.5. The number of likely N-dealkylation sites (N-methyl/N-ethyl adjacent to an activating group) is 1. The van der Waals surface area contributed by atoms with Gasteiger partial charge in [0.25, 0.3) is 5.91 Å². The van der Waals surface area contributed by atoms with E-state index in [2.05, 4.69) is 25.1 Å². The Kier molecular flexibility index (Phi) is 5.92. The molecule has 1 aromatic carbocycles. The Balaban J connectivity index is 1.66. The van der Waals surface area contributed by atoms with Crippen LogP contribution in [0.25, 0.3) is 0 Å². The zero-order chi connectivity index (χ0) is 18.7. The van der Waals surface area contributed by atoms with Crippen LogP contribution in [0.1, 0.15) is 10.5 Å². The van der Waals surface area contributed by atoms with E-state index >= 15 is 0 Å². The predicted molar refractivity (Wildman–Crippen MR) is 102 cm³/mol. The summed E-state index contributed by atoms with van der Waals surface area (Å²) in [5.74, 6) is -0.244. The van der Waals surface area contributed by atoms with Crippen LogP contribution in [0.3, 0.4) is 0 Å². The van der Waals surface area contributed by atoms with Crippen molar-refractivity contribution in [2.45, 2.75) is 0 Å². The minimum absolute atomic E-state index is 0.136. The fourth-order valence-corrected chi connectivity index (χ4v) is 3.43. The quantitative estimate of drug-likeness (QED) is 0.805. The van der Waals surface area contributed by atoms with Crippen molar-refractivity contribution in [1.82, 2.24) is 19.4 Å². The van der Waals surface area contributed by atoms with Gasteiger partial charge < -0.3 is 15.1 Å². The molecule has 2 aromatic rings. The van der Waals surface area contributed by atoms with Crippen LogP contribution in [-0.2, 0) is 0 Å². The molecule has 0 aliphatic carbocycles. The molecule has 1 aromatic heterocycles. The molecule has 138 valence electrons. The van der Waals surface area contributed by atoms with Gasteiger partial charge in [-0.25, -0.2) is 4.79 Å². The third kappa shape index (κ3) is 4.42. The highest BCUT2D eigenvalue weighted by molar-refractivity contribution is 7.10. The van der Waals surface area contributed by atoms with E-state index in [0.717, 1.165) is 24.6 Å². The lowest BCUT2D eigenvalue weighted by Gasteiger charge is -2.31. The number of piperazine rings is 1. The average molecular weight is 415 g/mol. The lowest BCUT2D eigenvalue weighted by molar-refractivity contribution is 0.0659. The van der Waals surface area contributed by atoms with Crippen LogP contribution in [0.5, 0.6) is 0 Å². The number of hydrogen-bond donors (Lipinski definition) is 2. The monoisotopic (exact) mass is 414 g/mol. The summed E-state index contributed by atoms with van der Waals surface area (Å²) in [6.07, 6.45) is 0. The van der Waals surface area contributed by atoms with Crippen LogP contribution in [0.4, 0.5) is 15.5 Å². The van der Waals surface area contributed by atoms with E-state index in [1.807, 2.05) is 7.05 Å². The Morgan fingerprint density at radius 2 is 1.88 bits per heavy atom. The molecule has 8 nitrogen and oxygen atoms in total. The summed E-state index contributed by atoms with van der Waals surface area (Å²) in [6, 6.07) is 4.17. The van der Waals surface area contributed by atoms with Gasteiger partial charge in [-0.15, -0.1) is 5.10 Å². The lowest BCUT2D eigenvalue weighted by atomic mass is 10.3. The number of amides is 3. The van der Waals surface area contributed by atoms with Gasteiger partial charge in [0.05, 0.1) is 10.7 Å². The Morgan fingerprint density at radius 1 is 1.15 bits per heavy atom. The van der Waals surface area contributed by atoms with E-state index in [0.29, 0.717) is 28.8 Å². The largest absolute Gasteiger partial charge is 0.335 e. The van der Waals surface area contributed by atoms with E-state index in [-0.39, 0.29) is 16.6 Å². The van der Waals surface area contributed by atoms with Gasteiger partial charge in [-0.1, -0.05) is 27.7 Å². The number of halogens is 2. The van der Waals surface area contributed by atoms with Gasteiger partial charge >= 0.3 is 6.03 Å². The molecule has 1 aliphatic heterocycles. The molecule has 1 aliphatic rings. The second-order valence-electron chi connectivity index (χ2n) is 5.75. The van der Waals surface area contributed by atoms with E-state index < -0.39 is 6.03 Å². The van der Waals surface area contributed by atoms with Crippen LogP contribution < -0.4 is 10.6 Å². The summed E-state index contributed by atoms with van der Waals surface area (Å²) in [5, 5.41) is 10.1. The SMILES string of the molecule is CN1CCN(C(=O)c2nnsc2NC(=O)Nc2ccc(Cl)cc2Cl)CC1. The summed E-state index contributed by atoms with van der Waals surface area (Å²) >= 11 is 12.8. The highest BCUT2D eigenvalue weighted by Gasteiger charge is 2.26. The summed E-state index contributed by atoms with van der Waals surface area (Å²) in [7, 11) is 2.01. The molecule has 2 heterocycles. The van der Waals surface area contributed by atoms with Gasteiger partial charge in [0, 0.05) is 42.7 Å². The number of nitrogens with one attached hydrogen (secondary N) is 2. The number of aromatic nitrogens is 2. The van der Waals surface area contributed by atoms with Crippen LogP contribution in [0.2, 0.25) is 10.0 Å². The van der Waals surface area contributed by atoms with Crippen molar-refractivity contribution in [2.75, 3.05) is 43.9 Å². The standard InChI is InChI=1S/C15H16Cl2N6O2S/c1-22-4-6-23(7-5-22)14(24)12-13(26-21-20-12)19-15(25)18-11-3-2-9(16)8-10(11)17/h2-3,8H,4-7H2,1H3,(H2,18,19,25). The number of anilines is 2. The summed E-state index contributed by atoms with van der Waals surface area (Å²) in [6.45, 7) is 2.81. The minimum atomic E-state index is -0.548. The van der Waals surface area contributed by atoms with Crippen molar-refractivity contribution in [3.63, 3.8) is 0 Å². The van der Waals surface area contributed by atoms with Crippen molar-refractivity contribution in [3.05, 3.63) is 33.9 Å². The molecule has 1 fully saturated rings. The van der Waals surface area contributed by atoms with Gasteiger partial charge in [-0.2, -0.15) is 0 Å². The van der Waals surface area contributed by atoms with E-state index in [1.165, 1.54) is 6.07 Å². The number of rotatable bonds is 3. The van der Waals surface area contributed by atoms with E-state index in [4.69, 9.17) is 23.2 Å². The maximum absolute atomic E-state index is 12.6. The fourth-order valence-electron chi connectivity index (χ4n) is 2.42.